The number of esters is 1. The van der Waals surface area contributed by atoms with Gasteiger partial charge in [0.2, 0.25) is 0 Å². The van der Waals surface area contributed by atoms with Gasteiger partial charge < -0.3 is 9.72 Å². The fourth-order valence-corrected chi connectivity index (χ4v) is 2.24. The molecule has 0 radical (unpaired) electrons. The molecule has 17 heavy (non-hydrogen) atoms. The van der Waals surface area contributed by atoms with Gasteiger partial charge in [0.25, 0.3) is 0 Å². The minimum absolute atomic E-state index is 0.245. The van der Waals surface area contributed by atoms with E-state index in [0.717, 1.165) is 15.4 Å². The summed E-state index contributed by atoms with van der Waals surface area (Å²) in [6.45, 7) is 0. The van der Waals surface area contributed by atoms with Crippen LogP contribution in [0.4, 0.5) is 0 Å². The molecule has 2 rings (SSSR count). The van der Waals surface area contributed by atoms with Gasteiger partial charge in [0.05, 0.1) is 7.11 Å². The van der Waals surface area contributed by atoms with Gasteiger partial charge in [0, 0.05) is 27.1 Å². The molecule has 0 saturated carbocycles. The third-order valence-electron chi connectivity index (χ3n) is 2.49. The molecule has 4 nitrogen and oxygen atoms in total. The van der Waals surface area contributed by atoms with Crippen LogP contribution in [0.25, 0.3) is 10.9 Å². The fraction of sp³-hybridized carbons (Fsp3) is 0.167. The lowest BCUT2D eigenvalue weighted by molar-refractivity contribution is -0.139. The largest absolute Gasteiger partial charge is 0.469 e. The van der Waals surface area contributed by atoms with E-state index in [2.05, 4.69) is 25.7 Å². The predicted octanol–water partition coefficient (Wildman–Crippen LogP) is 2.68. The van der Waals surface area contributed by atoms with Crippen LogP contribution in [-0.2, 0) is 9.53 Å². The van der Waals surface area contributed by atoms with Crippen LogP contribution in [0.5, 0.6) is 0 Å². The highest BCUT2D eigenvalue weighted by atomic mass is 79.9. The molecule has 0 unspecified atom stereocenters. The molecular weight excluding hydrogens is 286 g/mol. The van der Waals surface area contributed by atoms with Crippen molar-refractivity contribution in [2.75, 3.05) is 7.11 Å². The first-order valence-corrected chi connectivity index (χ1v) is 5.78. The number of carbonyl (C=O) groups is 2. The zero-order valence-electron chi connectivity index (χ0n) is 9.12. The van der Waals surface area contributed by atoms with E-state index in [1.54, 1.807) is 6.20 Å². The van der Waals surface area contributed by atoms with Crippen LogP contribution in [0.3, 0.4) is 0 Å². The predicted molar refractivity (Wildman–Crippen MR) is 67.0 cm³/mol. The summed E-state index contributed by atoms with van der Waals surface area (Å²) in [5.41, 5.74) is 1.35. The topological polar surface area (TPSA) is 59.2 Å². The molecule has 2 aromatic rings. The molecule has 1 aromatic carbocycles. The Bertz CT molecular complexity index is 588. The monoisotopic (exact) mass is 295 g/mol. The van der Waals surface area contributed by atoms with Crippen molar-refractivity contribution < 1.29 is 14.3 Å². The number of ketones is 1. The van der Waals surface area contributed by atoms with Gasteiger partial charge in [-0.1, -0.05) is 22.0 Å². The Morgan fingerprint density at radius 3 is 2.88 bits per heavy atom. The highest BCUT2D eigenvalue weighted by molar-refractivity contribution is 9.10. The first kappa shape index (κ1) is 11.9. The van der Waals surface area contributed by atoms with Gasteiger partial charge in [-0.3, -0.25) is 9.59 Å². The van der Waals surface area contributed by atoms with Crippen molar-refractivity contribution in [3.8, 4) is 0 Å². The molecule has 0 atom stereocenters. The van der Waals surface area contributed by atoms with E-state index >= 15 is 0 Å². The molecule has 1 aromatic heterocycles. The van der Waals surface area contributed by atoms with Crippen LogP contribution in [0.2, 0.25) is 0 Å². The van der Waals surface area contributed by atoms with Crippen LogP contribution >= 0.6 is 15.9 Å². The first-order chi connectivity index (χ1) is 8.13. The summed E-state index contributed by atoms with van der Waals surface area (Å²) in [6, 6.07) is 5.59. The maximum absolute atomic E-state index is 11.9. The summed E-state index contributed by atoms with van der Waals surface area (Å²) in [4.78, 5) is 26.0. The molecule has 0 amide bonds. The second-order valence-corrected chi connectivity index (χ2v) is 4.40. The standard InChI is InChI=1S/C12H10BrNO3/c1-17-11(16)5-10(15)7-6-14-9-4-2-3-8(13)12(7)9/h2-4,6,14H,5H2,1H3. The molecule has 0 bridgehead atoms. The van der Waals surface area contributed by atoms with Crippen LogP contribution in [-0.4, -0.2) is 23.8 Å². The van der Waals surface area contributed by atoms with Gasteiger partial charge in [0.15, 0.2) is 5.78 Å². The number of carbonyl (C=O) groups excluding carboxylic acids is 2. The van der Waals surface area contributed by atoms with Crippen LogP contribution in [0.1, 0.15) is 16.8 Å². The van der Waals surface area contributed by atoms with E-state index in [1.165, 1.54) is 7.11 Å². The molecule has 0 aliphatic heterocycles. The Kier molecular flexibility index (Phi) is 3.28. The van der Waals surface area contributed by atoms with Gasteiger partial charge >= 0.3 is 5.97 Å². The molecule has 0 saturated heterocycles. The van der Waals surface area contributed by atoms with Crippen molar-refractivity contribution in [2.24, 2.45) is 0 Å². The summed E-state index contributed by atoms with van der Waals surface area (Å²) < 4.78 is 5.30. The van der Waals surface area contributed by atoms with Crippen LogP contribution in [0.15, 0.2) is 28.9 Å². The number of hydrogen-bond acceptors (Lipinski definition) is 3. The number of halogens is 1. The number of nitrogens with one attached hydrogen (secondary N) is 1. The Hall–Kier alpha value is -1.62. The van der Waals surface area contributed by atoms with Crippen LogP contribution < -0.4 is 0 Å². The van der Waals surface area contributed by atoms with Gasteiger partial charge in [0.1, 0.15) is 6.42 Å². The third-order valence-corrected chi connectivity index (χ3v) is 3.15. The van der Waals surface area contributed by atoms with E-state index < -0.39 is 5.97 Å². The minimum atomic E-state index is -0.531. The van der Waals surface area contributed by atoms with Crippen molar-refractivity contribution in [1.29, 1.82) is 0 Å². The lowest BCUT2D eigenvalue weighted by Gasteiger charge is -2.00. The summed E-state index contributed by atoms with van der Waals surface area (Å²) in [5.74, 6) is -0.786. The van der Waals surface area contributed by atoms with Crippen molar-refractivity contribution >= 4 is 38.6 Å². The SMILES string of the molecule is COC(=O)CC(=O)c1c[nH]c2cccc(Br)c12. The Morgan fingerprint density at radius 2 is 2.18 bits per heavy atom. The number of aromatic nitrogens is 1. The van der Waals surface area contributed by atoms with E-state index in [1.807, 2.05) is 18.2 Å². The van der Waals surface area contributed by atoms with E-state index in [-0.39, 0.29) is 12.2 Å². The average molecular weight is 296 g/mol. The maximum Gasteiger partial charge on any atom is 0.313 e. The van der Waals surface area contributed by atoms with Crippen molar-refractivity contribution in [3.63, 3.8) is 0 Å². The normalized spacial score (nSPS) is 10.5. The van der Waals surface area contributed by atoms with Gasteiger partial charge in [-0.25, -0.2) is 0 Å². The Morgan fingerprint density at radius 1 is 1.41 bits per heavy atom. The van der Waals surface area contributed by atoms with Crippen molar-refractivity contribution in [3.05, 3.63) is 34.4 Å². The molecule has 1 heterocycles. The summed E-state index contributed by atoms with van der Waals surface area (Å²) in [5, 5.41) is 0.793. The number of methoxy groups -OCH3 is 1. The Balaban J connectivity index is 2.42. The summed E-state index contributed by atoms with van der Waals surface area (Å²) >= 11 is 3.39. The third kappa shape index (κ3) is 2.24. The van der Waals surface area contributed by atoms with Gasteiger partial charge in [-0.05, 0) is 12.1 Å². The quantitative estimate of drug-likeness (QED) is 0.538. The molecular formula is C12H10BrNO3. The van der Waals surface area contributed by atoms with Gasteiger partial charge in [-0.15, -0.1) is 0 Å². The van der Waals surface area contributed by atoms with E-state index in [0.29, 0.717) is 5.56 Å². The molecule has 5 heteroatoms. The second-order valence-electron chi connectivity index (χ2n) is 3.54. The lowest BCUT2D eigenvalue weighted by atomic mass is 10.1. The number of benzene rings is 1. The second kappa shape index (κ2) is 4.71. The first-order valence-electron chi connectivity index (χ1n) is 4.99. The number of aromatic amines is 1. The molecule has 0 spiro atoms. The summed E-state index contributed by atoms with van der Waals surface area (Å²) in [6.07, 6.45) is 1.37. The molecule has 0 fully saturated rings. The van der Waals surface area contributed by atoms with E-state index in [9.17, 15) is 9.59 Å². The smallest absolute Gasteiger partial charge is 0.313 e. The minimum Gasteiger partial charge on any atom is -0.469 e. The van der Waals surface area contributed by atoms with Crippen molar-refractivity contribution in [2.45, 2.75) is 6.42 Å². The van der Waals surface area contributed by atoms with Crippen molar-refractivity contribution in [1.82, 2.24) is 4.98 Å². The number of fused-ring (bicyclic) bond motifs is 1. The zero-order chi connectivity index (χ0) is 12.4. The summed E-state index contributed by atoms with van der Waals surface area (Å²) in [7, 11) is 1.26. The lowest BCUT2D eigenvalue weighted by Crippen LogP contribution is -2.09. The number of Topliss-reactive ketones (excluding diaryl/α,β-unsaturated/α-hetero) is 1. The molecule has 0 aliphatic carbocycles. The average Bonchev–Trinajstić information content (AvgIpc) is 2.74. The zero-order valence-corrected chi connectivity index (χ0v) is 10.7. The number of hydrogen-bond donors (Lipinski definition) is 1. The van der Waals surface area contributed by atoms with E-state index in [4.69, 9.17) is 0 Å². The van der Waals surface area contributed by atoms with Gasteiger partial charge in [-0.2, -0.15) is 0 Å². The van der Waals surface area contributed by atoms with Crippen LogP contribution in [0, 0.1) is 0 Å². The highest BCUT2D eigenvalue weighted by Crippen LogP contribution is 2.27. The number of H-pyrrole nitrogens is 1. The fourth-order valence-electron chi connectivity index (χ4n) is 1.66. The number of rotatable bonds is 3. The maximum atomic E-state index is 11.9. The molecule has 0 aliphatic rings. The molecule has 88 valence electrons. The highest BCUT2D eigenvalue weighted by Gasteiger charge is 2.17. The Labute approximate surface area is 106 Å². The number of ether oxygens (including phenoxy) is 1. The molecule has 1 N–H and O–H groups in total.